The molecule has 0 atom stereocenters. The zero-order valence-electron chi connectivity index (χ0n) is 16.1. The first kappa shape index (κ1) is 21.1. The highest BCUT2D eigenvalue weighted by Gasteiger charge is 2.17. The van der Waals surface area contributed by atoms with Crippen molar-refractivity contribution < 1.29 is 4.79 Å². The van der Waals surface area contributed by atoms with Crippen LogP contribution in [0.3, 0.4) is 0 Å². The lowest BCUT2D eigenvalue weighted by molar-refractivity contribution is -0.113. The molecule has 5 nitrogen and oxygen atoms in total. The lowest BCUT2D eigenvalue weighted by Gasteiger charge is -2.08. The van der Waals surface area contributed by atoms with Gasteiger partial charge in [-0.15, -0.1) is 21.5 Å². The minimum atomic E-state index is -0.0578. The molecule has 0 bridgehead atoms. The van der Waals surface area contributed by atoms with Gasteiger partial charge in [0.2, 0.25) is 5.91 Å². The zero-order chi connectivity index (χ0) is 20.1. The molecular formula is C20H23BrN4OS2. The van der Waals surface area contributed by atoms with E-state index in [0.717, 1.165) is 39.7 Å². The Morgan fingerprint density at radius 1 is 1.29 bits per heavy atom. The van der Waals surface area contributed by atoms with Gasteiger partial charge in [-0.25, -0.2) is 0 Å². The number of hydrogen-bond acceptors (Lipinski definition) is 5. The van der Waals surface area contributed by atoms with Crippen LogP contribution in [-0.4, -0.2) is 26.4 Å². The summed E-state index contributed by atoms with van der Waals surface area (Å²) < 4.78 is 3.10. The third-order valence-corrected chi connectivity index (χ3v) is 6.80. The van der Waals surface area contributed by atoms with Crippen molar-refractivity contribution in [1.29, 1.82) is 0 Å². The van der Waals surface area contributed by atoms with Crippen molar-refractivity contribution in [3.05, 3.63) is 45.1 Å². The number of halogens is 1. The first-order valence-corrected chi connectivity index (χ1v) is 11.8. The smallest absolute Gasteiger partial charge is 0.234 e. The van der Waals surface area contributed by atoms with Crippen LogP contribution in [0.2, 0.25) is 0 Å². The lowest BCUT2D eigenvalue weighted by Crippen LogP contribution is -2.14. The van der Waals surface area contributed by atoms with E-state index in [0.29, 0.717) is 11.7 Å². The van der Waals surface area contributed by atoms with Crippen LogP contribution < -0.4 is 5.32 Å². The minimum absolute atomic E-state index is 0.0578. The van der Waals surface area contributed by atoms with Crippen LogP contribution in [0.25, 0.3) is 11.4 Å². The van der Waals surface area contributed by atoms with Crippen molar-refractivity contribution in [2.45, 2.75) is 44.8 Å². The number of thiophene rings is 1. The van der Waals surface area contributed by atoms with Gasteiger partial charge in [0.05, 0.1) is 5.75 Å². The third kappa shape index (κ3) is 5.24. The lowest BCUT2D eigenvalue weighted by atomic mass is 10.1. The van der Waals surface area contributed by atoms with E-state index in [1.807, 2.05) is 24.3 Å². The Labute approximate surface area is 182 Å². The first-order valence-electron chi connectivity index (χ1n) is 9.18. The van der Waals surface area contributed by atoms with Gasteiger partial charge in [0.1, 0.15) is 0 Å². The summed E-state index contributed by atoms with van der Waals surface area (Å²) >= 11 is 6.56. The molecule has 28 heavy (non-hydrogen) atoms. The molecule has 2 aromatic heterocycles. The van der Waals surface area contributed by atoms with Crippen LogP contribution in [-0.2, 0) is 11.3 Å². The van der Waals surface area contributed by atoms with Crippen LogP contribution in [0, 0.1) is 0 Å². The number of anilines is 1. The molecule has 2 heterocycles. The molecule has 1 amide bonds. The van der Waals surface area contributed by atoms with Crippen LogP contribution in [0.15, 0.2) is 45.3 Å². The van der Waals surface area contributed by atoms with Crippen molar-refractivity contribution in [3.8, 4) is 11.4 Å². The second-order valence-electron chi connectivity index (χ2n) is 6.69. The number of carbonyl (C=O) groups is 1. The van der Waals surface area contributed by atoms with E-state index in [9.17, 15) is 4.79 Å². The monoisotopic (exact) mass is 478 g/mol. The molecule has 0 unspecified atom stereocenters. The molecule has 3 rings (SSSR count). The van der Waals surface area contributed by atoms with Gasteiger partial charge < -0.3 is 9.88 Å². The average Bonchev–Trinajstić information content (AvgIpc) is 3.29. The molecule has 0 spiro atoms. The number of carbonyl (C=O) groups excluding carboxylic acids is 1. The molecule has 0 radical (unpaired) electrons. The quantitative estimate of drug-likeness (QED) is 0.401. The number of nitrogens with one attached hydrogen (secondary N) is 1. The maximum Gasteiger partial charge on any atom is 0.234 e. The molecule has 1 aromatic carbocycles. The van der Waals surface area contributed by atoms with Crippen molar-refractivity contribution >= 4 is 50.6 Å². The summed E-state index contributed by atoms with van der Waals surface area (Å²) in [5.41, 5.74) is 1.88. The summed E-state index contributed by atoms with van der Waals surface area (Å²) in [5.74, 6) is 1.61. The molecule has 3 aromatic rings. The van der Waals surface area contributed by atoms with E-state index in [1.54, 1.807) is 11.3 Å². The maximum absolute atomic E-state index is 12.3. The number of rotatable bonds is 8. The summed E-state index contributed by atoms with van der Waals surface area (Å²) in [7, 11) is 0. The maximum atomic E-state index is 12.3. The van der Waals surface area contributed by atoms with Crippen LogP contribution in [0.5, 0.6) is 0 Å². The van der Waals surface area contributed by atoms with Crippen molar-refractivity contribution in [2.75, 3.05) is 11.1 Å². The second-order valence-corrected chi connectivity index (χ2v) is 9.49. The average molecular weight is 479 g/mol. The topological polar surface area (TPSA) is 59.8 Å². The summed E-state index contributed by atoms with van der Waals surface area (Å²) in [4.78, 5) is 13.6. The Morgan fingerprint density at radius 3 is 2.68 bits per heavy atom. The summed E-state index contributed by atoms with van der Waals surface area (Å²) in [6.45, 7) is 7.34. The third-order valence-electron chi connectivity index (χ3n) is 4.07. The molecule has 0 aliphatic carbocycles. The number of hydrogen-bond donors (Lipinski definition) is 1. The normalized spacial score (nSPS) is 11.2. The molecular weight excluding hydrogens is 456 g/mol. The van der Waals surface area contributed by atoms with Gasteiger partial charge in [0.15, 0.2) is 11.0 Å². The predicted octanol–water partition coefficient (Wildman–Crippen LogP) is 6.03. The Bertz CT molecular complexity index is 934. The standard InChI is InChI=1S/C20H23BrN4OS2/c1-4-9-25-19(14-10-17(13(2)3)27-11-14)23-24-20(25)28-12-18(26)22-16-7-5-15(21)6-8-16/h5-8,10-11,13H,4,9,12H2,1-3H3,(H,22,26). The van der Waals surface area contributed by atoms with Crippen molar-refractivity contribution in [2.24, 2.45) is 0 Å². The van der Waals surface area contributed by atoms with Gasteiger partial charge in [-0.3, -0.25) is 4.79 Å². The summed E-state index contributed by atoms with van der Waals surface area (Å²) in [6.07, 6.45) is 0.977. The van der Waals surface area contributed by atoms with E-state index in [1.165, 1.54) is 16.6 Å². The van der Waals surface area contributed by atoms with E-state index < -0.39 is 0 Å². The van der Waals surface area contributed by atoms with Gasteiger partial charge >= 0.3 is 0 Å². The minimum Gasteiger partial charge on any atom is -0.325 e. The Kier molecular flexibility index (Phi) is 7.31. The van der Waals surface area contributed by atoms with Gasteiger partial charge in [-0.1, -0.05) is 48.5 Å². The first-order chi connectivity index (χ1) is 13.5. The highest BCUT2D eigenvalue weighted by Crippen LogP contribution is 2.31. The molecule has 0 saturated carbocycles. The van der Waals surface area contributed by atoms with Crippen LogP contribution in [0.4, 0.5) is 5.69 Å². The highest BCUT2D eigenvalue weighted by atomic mass is 79.9. The fraction of sp³-hybridized carbons (Fsp3) is 0.350. The highest BCUT2D eigenvalue weighted by molar-refractivity contribution is 9.10. The summed E-state index contributed by atoms with van der Waals surface area (Å²) in [6, 6.07) is 9.74. The predicted molar refractivity (Wildman–Crippen MR) is 121 cm³/mol. The molecule has 0 saturated heterocycles. The van der Waals surface area contributed by atoms with E-state index in [-0.39, 0.29) is 5.91 Å². The molecule has 148 valence electrons. The number of aromatic nitrogens is 3. The Hall–Kier alpha value is -1.64. The van der Waals surface area contributed by atoms with Crippen molar-refractivity contribution in [3.63, 3.8) is 0 Å². The van der Waals surface area contributed by atoms with Crippen molar-refractivity contribution in [1.82, 2.24) is 14.8 Å². The second kappa shape index (κ2) is 9.71. The number of benzene rings is 1. The van der Waals surface area contributed by atoms with Gasteiger partial charge in [0, 0.05) is 32.5 Å². The molecule has 8 heteroatoms. The van der Waals surface area contributed by atoms with Gasteiger partial charge in [-0.05, 0) is 42.7 Å². The van der Waals surface area contributed by atoms with E-state index in [2.05, 4.69) is 68.2 Å². The fourth-order valence-corrected chi connectivity index (χ4v) is 4.60. The van der Waals surface area contributed by atoms with Crippen LogP contribution >= 0.6 is 39.0 Å². The molecule has 0 aliphatic heterocycles. The van der Waals surface area contributed by atoms with Gasteiger partial charge in [0.25, 0.3) is 0 Å². The largest absolute Gasteiger partial charge is 0.325 e. The van der Waals surface area contributed by atoms with Gasteiger partial charge in [-0.2, -0.15) is 0 Å². The Balaban J connectivity index is 1.70. The fourth-order valence-electron chi connectivity index (χ4n) is 2.67. The number of thioether (sulfide) groups is 1. The molecule has 1 N–H and O–H groups in total. The molecule has 0 fully saturated rings. The number of nitrogens with zero attached hydrogens (tertiary/aromatic N) is 3. The van der Waals surface area contributed by atoms with E-state index >= 15 is 0 Å². The SMILES string of the molecule is CCCn1c(SCC(=O)Nc2ccc(Br)cc2)nnc1-c1csc(C(C)C)c1. The molecule has 0 aliphatic rings. The van der Waals surface area contributed by atoms with E-state index in [4.69, 9.17) is 0 Å². The zero-order valence-corrected chi connectivity index (χ0v) is 19.3. The van der Waals surface area contributed by atoms with Crippen LogP contribution in [0.1, 0.15) is 38.0 Å². The summed E-state index contributed by atoms with van der Waals surface area (Å²) in [5, 5.41) is 14.6. The number of amides is 1. The Morgan fingerprint density at radius 2 is 2.04 bits per heavy atom.